The lowest BCUT2D eigenvalue weighted by Gasteiger charge is -2.11. The number of hydrogen-bond donors (Lipinski definition) is 0. The molecule has 2 nitrogen and oxygen atoms in total. The summed E-state index contributed by atoms with van der Waals surface area (Å²) in [7, 11) is 0. The monoisotopic (exact) mass is 394 g/mol. The molecule has 134 valence electrons. The molecule has 1 aliphatic carbocycles. The van der Waals surface area contributed by atoms with Crippen molar-refractivity contribution in [1.29, 1.82) is 0 Å². The molecule has 0 saturated heterocycles. The van der Waals surface area contributed by atoms with Gasteiger partial charge in [0, 0.05) is 33.2 Å². The molecule has 0 radical (unpaired) electrons. The maximum atomic E-state index is 12.7. The van der Waals surface area contributed by atoms with Gasteiger partial charge in [0.25, 0.3) is 0 Å². The van der Waals surface area contributed by atoms with Gasteiger partial charge in [-0.1, -0.05) is 59.6 Å². The minimum absolute atomic E-state index is 0.0615. The van der Waals surface area contributed by atoms with Crippen LogP contribution in [0.4, 0.5) is 0 Å². The second kappa shape index (κ2) is 7.59. The molecule has 0 atom stereocenters. The summed E-state index contributed by atoms with van der Waals surface area (Å²) in [4.78, 5) is 12.7. The van der Waals surface area contributed by atoms with Gasteiger partial charge in [-0.15, -0.1) is 0 Å². The Bertz CT molecular complexity index is 1050. The highest BCUT2D eigenvalue weighted by Gasteiger charge is 2.24. The zero-order valence-corrected chi connectivity index (χ0v) is 15.9. The highest BCUT2D eigenvalue weighted by Crippen LogP contribution is 2.31. The predicted molar refractivity (Wildman–Crippen MR) is 110 cm³/mol. The van der Waals surface area contributed by atoms with E-state index >= 15 is 0 Å². The molecule has 3 aromatic carbocycles. The maximum Gasteiger partial charge on any atom is 0.189 e. The third-order valence-electron chi connectivity index (χ3n) is 4.52. The molecular weight excluding hydrogens is 379 g/mol. The van der Waals surface area contributed by atoms with Crippen molar-refractivity contribution in [3.8, 4) is 5.75 Å². The zero-order valence-electron chi connectivity index (χ0n) is 14.4. The van der Waals surface area contributed by atoms with Crippen molar-refractivity contribution in [3.05, 3.63) is 105 Å². The largest absolute Gasteiger partial charge is 0.488 e. The van der Waals surface area contributed by atoms with Crippen LogP contribution in [0, 0.1) is 0 Å². The van der Waals surface area contributed by atoms with E-state index in [1.807, 2.05) is 66.7 Å². The number of fused-ring (bicyclic) bond motifs is 1. The minimum Gasteiger partial charge on any atom is -0.488 e. The quantitative estimate of drug-likeness (QED) is 0.478. The van der Waals surface area contributed by atoms with Crippen molar-refractivity contribution in [2.24, 2.45) is 0 Å². The molecule has 4 rings (SSSR count). The van der Waals surface area contributed by atoms with Crippen LogP contribution < -0.4 is 4.74 Å². The van der Waals surface area contributed by atoms with Gasteiger partial charge in [0.2, 0.25) is 0 Å². The molecule has 0 heterocycles. The molecule has 4 heteroatoms. The summed E-state index contributed by atoms with van der Waals surface area (Å²) in [6.07, 6.45) is 2.50. The average molecular weight is 395 g/mol. The van der Waals surface area contributed by atoms with Crippen molar-refractivity contribution < 1.29 is 9.53 Å². The van der Waals surface area contributed by atoms with Crippen molar-refractivity contribution in [1.82, 2.24) is 0 Å². The number of hydrogen-bond acceptors (Lipinski definition) is 2. The summed E-state index contributed by atoms with van der Waals surface area (Å²) in [6, 6.07) is 20.7. The van der Waals surface area contributed by atoms with Gasteiger partial charge in [-0.3, -0.25) is 4.79 Å². The summed E-state index contributed by atoms with van der Waals surface area (Å²) in [5, 5.41) is 1.27. The third-order valence-corrected chi connectivity index (χ3v) is 4.99. The van der Waals surface area contributed by atoms with Crippen LogP contribution in [0.25, 0.3) is 6.08 Å². The first-order valence-corrected chi connectivity index (χ1v) is 9.36. The lowest BCUT2D eigenvalue weighted by Crippen LogP contribution is -1.99. The van der Waals surface area contributed by atoms with Crippen LogP contribution in [-0.4, -0.2) is 5.78 Å². The van der Waals surface area contributed by atoms with E-state index in [1.165, 1.54) is 0 Å². The molecule has 3 aromatic rings. The zero-order chi connectivity index (χ0) is 18.8. The van der Waals surface area contributed by atoms with Crippen LogP contribution >= 0.6 is 23.2 Å². The van der Waals surface area contributed by atoms with E-state index in [0.717, 1.165) is 27.8 Å². The first-order chi connectivity index (χ1) is 13.1. The fourth-order valence-electron chi connectivity index (χ4n) is 3.21. The van der Waals surface area contributed by atoms with E-state index in [9.17, 15) is 4.79 Å². The Morgan fingerprint density at radius 1 is 0.926 bits per heavy atom. The molecule has 0 aromatic heterocycles. The van der Waals surface area contributed by atoms with Gasteiger partial charge in [-0.2, -0.15) is 0 Å². The van der Waals surface area contributed by atoms with Crippen molar-refractivity contribution in [3.63, 3.8) is 0 Å². The fraction of sp³-hybridized carbons (Fsp3) is 0.0870. The highest BCUT2D eigenvalue weighted by molar-refractivity contribution is 6.31. The van der Waals surface area contributed by atoms with E-state index < -0.39 is 0 Å². The standard InChI is InChI=1S/C23H16Cl2O2/c24-19-6-3-4-15(10-19)14-27-22-9-8-20(25)13-17(22)12-18-11-16-5-1-2-7-21(16)23(18)26/h1-10,12-13H,11,14H2/b18-12+. The second-order valence-electron chi connectivity index (χ2n) is 6.43. The number of benzene rings is 3. The maximum absolute atomic E-state index is 12.7. The van der Waals surface area contributed by atoms with Gasteiger partial charge >= 0.3 is 0 Å². The van der Waals surface area contributed by atoms with E-state index in [-0.39, 0.29) is 5.78 Å². The van der Waals surface area contributed by atoms with Crippen molar-refractivity contribution >= 4 is 35.1 Å². The molecule has 0 N–H and O–H groups in total. The molecule has 0 spiro atoms. The number of rotatable bonds is 4. The Hall–Kier alpha value is -2.55. The Morgan fingerprint density at radius 3 is 2.56 bits per heavy atom. The van der Waals surface area contributed by atoms with Crippen LogP contribution in [-0.2, 0) is 13.0 Å². The average Bonchev–Trinajstić information content (AvgIpc) is 2.97. The Kier molecular flexibility index (Phi) is 5.02. The predicted octanol–water partition coefficient (Wildman–Crippen LogP) is 6.39. The van der Waals surface area contributed by atoms with E-state index in [0.29, 0.717) is 28.8 Å². The molecule has 27 heavy (non-hydrogen) atoms. The normalized spacial score (nSPS) is 14.4. The number of halogens is 2. The molecule has 0 bridgehead atoms. The van der Waals surface area contributed by atoms with Crippen LogP contribution in [0.2, 0.25) is 10.0 Å². The summed E-state index contributed by atoms with van der Waals surface area (Å²) >= 11 is 12.2. The first kappa shape index (κ1) is 17.8. The molecule has 0 saturated carbocycles. The van der Waals surface area contributed by atoms with E-state index in [2.05, 4.69) is 0 Å². The van der Waals surface area contributed by atoms with Gasteiger partial charge in [0.15, 0.2) is 5.78 Å². The molecule has 0 aliphatic heterocycles. The van der Waals surface area contributed by atoms with Crippen molar-refractivity contribution in [2.45, 2.75) is 13.0 Å². The number of ketones is 1. The topological polar surface area (TPSA) is 26.3 Å². The van der Waals surface area contributed by atoms with Crippen LogP contribution in [0.5, 0.6) is 5.75 Å². The number of ether oxygens (including phenoxy) is 1. The van der Waals surface area contributed by atoms with E-state index in [4.69, 9.17) is 27.9 Å². The summed E-state index contributed by atoms with van der Waals surface area (Å²) < 4.78 is 5.98. The lowest BCUT2D eigenvalue weighted by atomic mass is 10.1. The lowest BCUT2D eigenvalue weighted by molar-refractivity contribution is 0.104. The molecule has 1 aliphatic rings. The molecule has 0 fully saturated rings. The SMILES string of the molecule is O=C1/C(=C/c2cc(Cl)ccc2OCc2cccc(Cl)c2)Cc2ccccc21. The summed E-state index contributed by atoms with van der Waals surface area (Å²) in [6.45, 7) is 0.381. The Morgan fingerprint density at radius 2 is 1.74 bits per heavy atom. The van der Waals surface area contributed by atoms with Crippen LogP contribution in [0.1, 0.15) is 27.0 Å². The third kappa shape index (κ3) is 3.92. The second-order valence-corrected chi connectivity index (χ2v) is 7.31. The number of Topliss-reactive ketones (excluding diaryl/α,β-unsaturated/α-hetero) is 1. The Labute approximate surface area is 168 Å². The summed E-state index contributed by atoms with van der Waals surface area (Å²) in [5.41, 5.74) is 4.33. The van der Waals surface area contributed by atoms with Gasteiger partial charge in [0.1, 0.15) is 12.4 Å². The molecular formula is C23H16Cl2O2. The van der Waals surface area contributed by atoms with Crippen LogP contribution in [0.3, 0.4) is 0 Å². The smallest absolute Gasteiger partial charge is 0.189 e. The first-order valence-electron chi connectivity index (χ1n) is 8.60. The fourth-order valence-corrected chi connectivity index (χ4v) is 3.60. The molecule has 0 amide bonds. The van der Waals surface area contributed by atoms with Gasteiger partial charge < -0.3 is 4.74 Å². The minimum atomic E-state index is 0.0615. The number of carbonyl (C=O) groups is 1. The number of carbonyl (C=O) groups excluding carboxylic acids is 1. The highest BCUT2D eigenvalue weighted by atomic mass is 35.5. The number of allylic oxidation sites excluding steroid dienone is 1. The Balaban J connectivity index is 1.62. The molecule has 0 unspecified atom stereocenters. The van der Waals surface area contributed by atoms with E-state index in [1.54, 1.807) is 6.07 Å². The van der Waals surface area contributed by atoms with Gasteiger partial charge in [-0.25, -0.2) is 0 Å². The van der Waals surface area contributed by atoms with Gasteiger partial charge in [-0.05, 0) is 47.5 Å². The summed E-state index contributed by atoms with van der Waals surface area (Å²) in [5.74, 6) is 0.738. The van der Waals surface area contributed by atoms with Gasteiger partial charge in [0.05, 0.1) is 0 Å². The van der Waals surface area contributed by atoms with Crippen LogP contribution in [0.15, 0.2) is 72.3 Å². The van der Waals surface area contributed by atoms with Crippen molar-refractivity contribution in [2.75, 3.05) is 0 Å².